The third kappa shape index (κ3) is 3.86. The van der Waals surface area contributed by atoms with Crippen LogP contribution in [0.25, 0.3) is 10.9 Å². The SMILES string of the molecule is COCCn1cnc2cc(N3CCN(C(=O)c4cc(C)on4)CC3)ccc2c1=O. The number of fused-ring (bicyclic) bond motifs is 1. The Morgan fingerprint density at radius 1 is 1.21 bits per heavy atom. The standard InChI is InChI=1S/C20H23N5O4/c1-14-11-18(22-29-14)20(27)24-7-5-23(6-8-24)15-3-4-16-17(12-15)21-13-25(19(16)26)9-10-28-2/h3-4,11-13H,5-10H2,1-2H3. The fraction of sp³-hybridized carbons (Fsp3) is 0.400. The molecule has 0 saturated carbocycles. The summed E-state index contributed by atoms with van der Waals surface area (Å²) in [5.41, 5.74) is 1.92. The van der Waals surface area contributed by atoms with Gasteiger partial charge in [0.05, 0.1) is 30.4 Å². The number of carbonyl (C=O) groups excluding carboxylic acids is 1. The van der Waals surface area contributed by atoms with Crippen molar-refractivity contribution in [2.24, 2.45) is 0 Å². The molecule has 1 fully saturated rings. The summed E-state index contributed by atoms with van der Waals surface area (Å²) >= 11 is 0. The minimum absolute atomic E-state index is 0.0723. The van der Waals surface area contributed by atoms with E-state index < -0.39 is 0 Å². The predicted octanol–water partition coefficient (Wildman–Crippen LogP) is 1.30. The first kappa shape index (κ1) is 19.1. The maximum Gasteiger partial charge on any atom is 0.276 e. The van der Waals surface area contributed by atoms with E-state index in [2.05, 4.69) is 15.0 Å². The van der Waals surface area contributed by atoms with Gasteiger partial charge < -0.3 is 19.1 Å². The van der Waals surface area contributed by atoms with Gasteiger partial charge in [-0.2, -0.15) is 0 Å². The van der Waals surface area contributed by atoms with Crippen LogP contribution in [0.5, 0.6) is 0 Å². The van der Waals surface area contributed by atoms with Crippen LogP contribution in [0.1, 0.15) is 16.2 Å². The number of methoxy groups -OCH3 is 1. The van der Waals surface area contributed by atoms with Crippen molar-refractivity contribution in [1.29, 1.82) is 0 Å². The second kappa shape index (κ2) is 8.04. The van der Waals surface area contributed by atoms with Gasteiger partial charge in [0, 0.05) is 45.0 Å². The Labute approximate surface area is 167 Å². The lowest BCUT2D eigenvalue weighted by Gasteiger charge is -2.35. The molecule has 0 atom stereocenters. The summed E-state index contributed by atoms with van der Waals surface area (Å²) in [6.45, 7) is 5.27. The van der Waals surface area contributed by atoms with Crippen LogP contribution in [0.15, 0.2) is 39.9 Å². The number of aryl methyl sites for hydroxylation is 1. The van der Waals surface area contributed by atoms with Gasteiger partial charge >= 0.3 is 0 Å². The van der Waals surface area contributed by atoms with Crippen LogP contribution in [0.4, 0.5) is 5.69 Å². The minimum atomic E-state index is -0.113. The molecular weight excluding hydrogens is 374 g/mol. The van der Waals surface area contributed by atoms with Gasteiger partial charge in [-0.25, -0.2) is 4.98 Å². The van der Waals surface area contributed by atoms with Gasteiger partial charge in [0.2, 0.25) is 0 Å². The summed E-state index contributed by atoms with van der Waals surface area (Å²) in [6.07, 6.45) is 1.56. The summed E-state index contributed by atoms with van der Waals surface area (Å²) in [5, 5.41) is 4.39. The van der Waals surface area contributed by atoms with E-state index in [9.17, 15) is 9.59 Å². The second-order valence-corrected chi connectivity index (χ2v) is 7.04. The van der Waals surface area contributed by atoms with Crippen molar-refractivity contribution in [3.63, 3.8) is 0 Å². The third-order valence-corrected chi connectivity index (χ3v) is 5.12. The number of nitrogens with zero attached hydrogens (tertiary/aromatic N) is 5. The average Bonchev–Trinajstić information content (AvgIpc) is 3.19. The molecule has 0 aliphatic carbocycles. The molecule has 9 heteroatoms. The van der Waals surface area contributed by atoms with Gasteiger partial charge in [0.25, 0.3) is 11.5 Å². The van der Waals surface area contributed by atoms with E-state index in [1.165, 1.54) is 0 Å². The Kier molecular flexibility index (Phi) is 5.30. The van der Waals surface area contributed by atoms with Gasteiger partial charge in [-0.1, -0.05) is 5.16 Å². The molecule has 0 N–H and O–H groups in total. The van der Waals surface area contributed by atoms with Crippen molar-refractivity contribution >= 4 is 22.5 Å². The molecule has 4 rings (SSSR count). The normalized spacial score (nSPS) is 14.6. The van der Waals surface area contributed by atoms with Crippen molar-refractivity contribution < 1.29 is 14.1 Å². The zero-order chi connectivity index (χ0) is 20.4. The lowest BCUT2D eigenvalue weighted by atomic mass is 10.2. The van der Waals surface area contributed by atoms with E-state index >= 15 is 0 Å². The number of piperazine rings is 1. The first-order valence-electron chi connectivity index (χ1n) is 9.52. The molecule has 0 radical (unpaired) electrons. The van der Waals surface area contributed by atoms with Crippen LogP contribution in [0, 0.1) is 6.92 Å². The van der Waals surface area contributed by atoms with Crippen molar-refractivity contribution in [2.45, 2.75) is 13.5 Å². The van der Waals surface area contributed by atoms with Crippen molar-refractivity contribution in [3.05, 3.63) is 52.4 Å². The predicted molar refractivity (Wildman–Crippen MR) is 107 cm³/mol. The topological polar surface area (TPSA) is 93.7 Å². The fourth-order valence-electron chi connectivity index (χ4n) is 3.49. The van der Waals surface area contributed by atoms with Gasteiger partial charge in [-0.3, -0.25) is 14.2 Å². The van der Waals surface area contributed by atoms with Gasteiger partial charge in [-0.05, 0) is 25.1 Å². The van der Waals surface area contributed by atoms with Gasteiger partial charge in [-0.15, -0.1) is 0 Å². The van der Waals surface area contributed by atoms with Gasteiger partial charge in [0.15, 0.2) is 5.69 Å². The van der Waals surface area contributed by atoms with E-state index in [1.807, 2.05) is 18.2 Å². The largest absolute Gasteiger partial charge is 0.383 e. The third-order valence-electron chi connectivity index (χ3n) is 5.12. The Hall–Kier alpha value is -3.20. The molecule has 3 heterocycles. The highest BCUT2D eigenvalue weighted by Gasteiger charge is 2.24. The molecule has 1 saturated heterocycles. The summed E-state index contributed by atoms with van der Waals surface area (Å²) in [4.78, 5) is 33.5. The molecule has 2 aromatic heterocycles. The van der Waals surface area contributed by atoms with Crippen LogP contribution in [-0.2, 0) is 11.3 Å². The average molecular weight is 397 g/mol. The molecule has 1 aliphatic rings. The van der Waals surface area contributed by atoms with Crippen molar-refractivity contribution in [1.82, 2.24) is 19.6 Å². The number of amides is 1. The molecule has 3 aromatic rings. The Morgan fingerprint density at radius 3 is 2.69 bits per heavy atom. The Balaban J connectivity index is 1.47. The number of hydrogen-bond acceptors (Lipinski definition) is 7. The van der Waals surface area contributed by atoms with Crippen LogP contribution in [0.2, 0.25) is 0 Å². The number of benzene rings is 1. The number of hydrogen-bond donors (Lipinski definition) is 0. The quantitative estimate of drug-likeness (QED) is 0.641. The zero-order valence-corrected chi connectivity index (χ0v) is 16.5. The van der Waals surface area contributed by atoms with E-state index in [1.54, 1.807) is 35.9 Å². The summed E-state index contributed by atoms with van der Waals surface area (Å²) in [6, 6.07) is 7.34. The lowest BCUT2D eigenvalue weighted by molar-refractivity contribution is 0.0736. The molecule has 9 nitrogen and oxygen atoms in total. The van der Waals surface area contributed by atoms with Crippen molar-refractivity contribution in [3.8, 4) is 0 Å². The summed E-state index contributed by atoms with van der Waals surface area (Å²) in [7, 11) is 1.60. The number of ether oxygens (including phenoxy) is 1. The summed E-state index contributed by atoms with van der Waals surface area (Å²) in [5.74, 6) is 0.509. The maximum atomic E-state index is 12.6. The maximum absolute atomic E-state index is 12.6. The Bertz CT molecular complexity index is 1080. The highest BCUT2D eigenvalue weighted by atomic mass is 16.5. The second-order valence-electron chi connectivity index (χ2n) is 7.04. The first-order valence-corrected chi connectivity index (χ1v) is 9.52. The first-order chi connectivity index (χ1) is 14.1. The monoisotopic (exact) mass is 397 g/mol. The van der Waals surface area contributed by atoms with E-state index in [0.29, 0.717) is 61.7 Å². The van der Waals surface area contributed by atoms with Gasteiger partial charge in [0.1, 0.15) is 5.76 Å². The molecule has 1 amide bonds. The molecule has 0 unspecified atom stereocenters. The smallest absolute Gasteiger partial charge is 0.276 e. The van der Waals surface area contributed by atoms with E-state index in [4.69, 9.17) is 9.26 Å². The van der Waals surface area contributed by atoms with Crippen LogP contribution < -0.4 is 10.5 Å². The van der Waals surface area contributed by atoms with Crippen LogP contribution in [0.3, 0.4) is 0 Å². The van der Waals surface area contributed by atoms with Crippen LogP contribution in [-0.4, -0.2) is 65.4 Å². The summed E-state index contributed by atoms with van der Waals surface area (Å²) < 4.78 is 11.6. The van der Waals surface area contributed by atoms with E-state index in [-0.39, 0.29) is 11.5 Å². The molecule has 29 heavy (non-hydrogen) atoms. The number of aromatic nitrogens is 3. The molecule has 0 spiro atoms. The Morgan fingerprint density at radius 2 is 2.00 bits per heavy atom. The highest BCUT2D eigenvalue weighted by Crippen LogP contribution is 2.21. The molecule has 0 bridgehead atoms. The lowest BCUT2D eigenvalue weighted by Crippen LogP contribution is -2.48. The molecule has 1 aromatic carbocycles. The van der Waals surface area contributed by atoms with Crippen LogP contribution >= 0.6 is 0 Å². The van der Waals surface area contributed by atoms with E-state index in [0.717, 1.165) is 5.69 Å². The molecule has 152 valence electrons. The fourth-order valence-corrected chi connectivity index (χ4v) is 3.49. The zero-order valence-electron chi connectivity index (χ0n) is 16.5. The number of rotatable bonds is 5. The molecule has 1 aliphatic heterocycles. The van der Waals surface area contributed by atoms with Crippen molar-refractivity contribution in [2.75, 3.05) is 44.8 Å². The number of anilines is 1. The number of carbonyl (C=O) groups is 1. The highest BCUT2D eigenvalue weighted by molar-refractivity contribution is 5.92. The minimum Gasteiger partial charge on any atom is -0.383 e. The molecular formula is C20H23N5O4.